The molecular weight excluding hydrogens is 318 g/mol. The summed E-state index contributed by atoms with van der Waals surface area (Å²) in [4.78, 5) is 13.8. The number of benzene rings is 1. The molecule has 0 aliphatic carbocycles. The second-order valence-corrected chi connectivity index (χ2v) is 6.43. The molecule has 2 rings (SSSR count). The quantitative estimate of drug-likeness (QED) is 0.904. The SMILES string of the molecule is CC(C)C1(O)CN(C(=O)c2cc(Cl)cc(Br)c2)C1. The molecule has 5 heteroatoms. The fourth-order valence-corrected chi connectivity index (χ4v) is 2.84. The summed E-state index contributed by atoms with van der Waals surface area (Å²) >= 11 is 9.23. The minimum atomic E-state index is -0.745. The van der Waals surface area contributed by atoms with E-state index in [4.69, 9.17) is 11.6 Å². The second kappa shape index (κ2) is 4.83. The van der Waals surface area contributed by atoms with Crippen LogP contribution in [0.4, 0.5) is 0 Å². The Labute approximate surface area is 120 Å². The van der Waals surface area contributed by atoms with Gasteiger partial charge in [-0.25, -0.2) is 0 Å². The summed E-state index contributed by atoms with van der Waals surface area (Å²) in [6, 6.07) is 5.11. The van der Waals surface area contributed by atoms with Gasteiger partial charge >= 0.3 is 0 Å². The molecule has 1 aromatic carbocycles. The maximum Gasteiger partial charge on any atom is 0.254 e. The molecule has 1 aliphatic rings. The van der Waals surface area contributed by atoms with E-state index < -0.39 is 5.60 Å². The van der Waals surface area contributed by atoms with Gasteiger partial charge in [0.25, 0.3) is 5.91 Å². The Kier molecular flexibility index (Phi) is 3.72. The molecule has 98 valence electrons. The van der Waals surface area contributed by atoms with E-state index >= 15 is 0 Å². The van der Waals surface area contributed by atoms with Gasteiger partial charge in [0.15, 0.2) is 0 Å². The highest BCUT2D eigenvalue weighted by Gasteiger charge is 2.45. The molecule has 0 radical (unpaired) electrons. The highest BCUT2D eigenvalue weighted by Crippen LogP contribution is 2.30. The standard InChI is InChI=1S/C13H15BrClNO2/c1-8(2)13(18)6-16(7-13)12(17)9-3-10(14)5-11(15)4-9/h3-5,8,18H,6-7H2,1-2H3. The number of amides is 1. The number of likely N-dealkylation sites (tertiary alicyclic amines) is 1. The third kappa shape index (κ3) is 2.56. The predicted octanol–water partition coefficient (Wildman–Crippen LogP) is 2.95. The van der Waals surface area contributed by atoms with Crippen molar-refractivity contribution < 1.29 is 9.90 Å². The van der Waals surface area contributed by atoms with Gasteiger partial charge in [-0.3, -0.25) is 4.79 Å². The Morgan fingerprint density at radius 2 is 2.06 bits per heavy atom. The first-order valence-corrected chi connectivity index (χ1v) is 6.97. The lowest BCUT2D eigenvalue weighted by Crippen LogP contribution is -2.65. The van der Waals surface area contributed by atoms with Crippen molar-refractivity contribution >= 4 is 33.4 Å². The Bertz CT molecular complexity index is 464. The van der Waals surface area contributed by atoms with Crippen LogP contribution in [0.3, 0.4) is 0 Å². The van der Waals surface area contributed by atoms with E-state index in [0.29, 0.717) is 23.7 Å². The number of halogens is 2. The molecule has 1 aromatic rings. The molecule has 1 aliphatic heterocycles. The predicted molar refractivity (Wildman–Crippen MR) is 74.8 cm³/mol. The minimum Gasteiger partial charge on any atom is -0.386 e. The van der Waals surface area contributed by atoms with Gasteiger partial charge in [-0.15, -0.1) is 0 Å². The maximum atomic E-state index is 12.2. The first kappa shape index (κ1) is 13.8. The molecule has 0 aromatic heterocycles. The number of β-amino-alcohol motifs (C(OH)–C–C–N with tert-alkyl or cyclic N) is 1. The summed E-state index contributed by atoms with van der Waals surface area (Å²) in [6.45, 7) is 4.68. The third-order valence-corrected chi connectivity index (χ3v) is 4.08. The van der Waals surface area contributed by atoms with Crippen LogP contribution in [0.1, 0.15) is 24.2 Å². The number of carbonyl (C=O) groups is 1. The number of hydrogen-bond acceptors (Lipinski definition) is 2. The van der Waals surface area contributed by atoms with Gasteiger partial charge in [0.1, 0.15) is 5.60 Å². The van der Waals surface area contributed by atoms with Crippen molar-refractivity contribution in [2.24, 2.45) is 5.92 Å². The van der Waals surface area contributed by atoms with Gasteiger partial charge < -0.3 is 10.0 Å². The monoisotopic (exact) mass is 331 g/mol. The lowest BCUT2D eigenvalue weighted by molar-refractivity contribution is -0.110. The zero-order valence-corrected chi connectivity index (χ0v) is 12.6. The lowest BCUT2D eigenvalue weighted by Gasteiger charge is -2.49. The largest absolute Gasteiger partial charge is 0.386 e. The Hall–Kier alpha value is -0.580. The van der Waals surface area contributed by atoms with E-state index in [0.717, 1.165) is 4.47 Å². The van der Waals surface area contributed by atoms with E-state index in [1.165, 1.54) is 0 Å². The molecule has 1 amide bonds. The van der Waals surface area contributed by atoms with Gasteiger partial charge in [-0.2, -0.15) is 0 Å². The molecular formula is C13H15BrClNO2. The number of hydrogen-bond donors (Lipinski definition) is 1. The number of nitrogens with zero attached hydrogens (tertiary/aromatic N) is 1. The van der Waals surface area contributed by atoms with E-state index in [1.54, 1.807) is 23.1 Å². The normalized spacial score (nSPS) is 17.8. The highest BCUT2D eigenvalue weighted by atomic mass is 79.9. The Morgan fingerprint density at radius 3 is 2.56 bits per heavy atom. The Balaban J connectivity index is 2.10. The molecule has 1 fully saturated rings. The van der Waals surface area contributed by atoms with Gasteiger partial charge in [0.05, 0.1) is 13.1 Å². The topological polar surface area (TPSA) is 40.5 Å². The first-order chi connectivity index (χ1) is 8.32. The average Bonchev–Trinajstić information content (AvgIpc) is 2.22. The molecule has 0 spiro atoms. The van der Waals surface area contributed by atoms with E-state index in [-0.39, 0.29) is 11.8 Å². The summed E-state index contributed by atoms with van der Waals surface area (Å²) in [5.74, 6) is 0.0520. The van der Waals surface area contributed by atoms with E-state index in [2.05, 4.69) is 15.9 Å². The molecule has 1 heterocycles. The summed E-state index contributed by atoms with van der Waals surface area (Å²) < 4.78 is 0.776. The van der Waals surface area contributed by atoms with Crippen molar-refractivity contribution in [3.05, 3.63) is 33.3 Å². The lowest BCUT2D eigenvalue weighted by atomic mass is 9.82. The third-order valence-electron chi connectivity index (χ3n) is 3.40. The van der Waals surface area contributed by atoms with Crippen LogP contribution in [0, 0.1) is 5.92 Å². The van der Waals surface area contributed by atoms with Crippen LogP contribution in [-0.4, -0.2) is 34.6 Å². The molecule has 1 saturated heterocycles. The highest BCUT2D eigenvalue weighted by molar-refractivity contribution is 9.10. The molecule has 0 atom stereocenters. The number of rotatable bonds is 2. The van der Waals surface area contributed by atoms with Crippen LogP contribution in [0.2, 0.25) is 5.02 Å². The maximum absolute atomic E-state index is 12.2. The number of aliphatic hydroxyl groups is 1. The van der Waals surface area contributed by atoms with Gasteiger partial charge in [0.2, 0.25) is 0 Å². The minimum absolute atomic E-state index is 0.0940. The van der Waals surface area contributed by atoms with Crippen LogP contribution < -0.4 is 0 Å². The van der Waals surface area contributed by atoms with E-state index in [9.17, 15) is 9.90 Å². The fourth-order valence-electron chi connectivity index (χ4n) is 1.98. The first-order valence-electron chi connectivity index (χ1n) is 5.79. The van der Waals surface area contributed by atoms with Crippen molar-refractivity contribution in [2.75, 3.05) is 13.1 Å². The summed E-state index contributed by atoms with van der Waals surface area (Å²) in [7, 11) is 0. The van der Waals surface area contributed by atoms with Crippen LogP contribution in [0.25, 0.3) is 0 Å². The second-order valence-electron chi connectivity index (χ2n) is 5.08. The zero-order valence-electron chi connectivity index (χ0n) is 10.3. The van der Waals surface area contributed by atoms with Gasteiger partial charge in [-0.1, -0.05) is 41.4 Å². The van der Waals surface area contributed by atoms with Crippen LogP contribution >= 0.6 is 27.5 Å². The number of carbonyl (C=O) groups excluding carboxylic acids is 1. The summed E-state index contributed by atoms with van der Waals surface area (Å²) in [5, 5.41) is 10.7. The van der Waals surface area contributed by atoms with Crippen molar-refractivity contribution in [2.45, 2.75) is 19.4 Å². The van der Waals surface area contributed by atoms with Crippen molar-refractivity contribution in [3.8, 4) is 0 Å². The summed E-state index contributed by atoms with van der Waals surface area (Å²) in [6.07, 6.45) is 0. The molecule has 0 saturated carbocycles. The van der Waals surface area contributed by atoms with Crippen molar-refractivity contribution in [3.63, 3.8) is 0 Å². The average molecular weight is 333 g/mol. The molecule has 1 N–H and O–H groups in total. The van der Waals surface area contributed by atoms with E-state index in [1.807, 2.05) is 13.8 Å². The molecule has 0 unspecified atom stereocenters. The van der Waals surface area contributed by atoms with Crippen molar-refractivity contribution in [1.29, 1.82) is 0 Å². The molecule has 18 heavy (non-hydrogen) atoms. The van der Waals surface area contributed by atoms with Gasteiger partial charge in [-0.05, 0) is 24.1 Å². The molecule has 0 bridgehead atoms. The van der Waals surface area contributed by atoms with Crippen LogP contribution in [0.5, 0.6) is 0 Å². The molecule has 3 nitrogen and oxygen atoms in total. The van der Waals surface area contributed by atoms with Gasteiger partial charge in [0, 0.05) is 15.1 Å². The van der Waals surface area contributed by atoms with Crippen LogP contribution in [-0.2, 0) is 0 Å². The Morgan fingerprint density at radius 1 is 1.44 bits per heavy atom. The fraction of sp³-hybridized carbons (Fsp3) is 0.462. The van der Waals surface area contributed by atoms with Crippen LogP contribution in [0.15, 0.2) is 22.7 Å². The smallest absolute Gasteiger partial charge is 0.254 e. The van der Waals surface area contributed by atoms with Crippen molar-refractivity contribution in [1.82, 2.24) is 4.90 Å². The zero-order chi connectivity index (χ0) is 13.5. The summed E-state index contributed by atoms with van der Waals surface area (Å²) in [5.41, 5.74) is -0.203.